The van der Waals surface area contributed by atoms with Gasteiger partial charge in [0.1, 0.15) is 0 Å². The van der Waals surface area contributed by atoms with Crippen LogP contribution in [0.4, 0.5) is 0 Å². The van der Waals surface area contributed by atoms with Crippen LogP contribution in [-0.4, -0.2) is 142 Å². The smallest absolute Gasteiger partial charge is 0.0718 e. The first-order valence-corrected chi connectivity index (χ1v) is 16.0. The van der Waals surface area contributed by atoms with E-state index >= 15 is 0 Å². The lowest BCUT2D eigenvalue weighted by atomic mass is 10.2. The van der Waals surface area contributed by atoms with Crippen LogP contribution in [0.2, 0.25) is 0 Å². The maximum Gasteiger partial charge on any atom is 0.0718 e. The number of ether oxygens (including phenoxy) is 8. The molecule has 0 N–H and O–H groups in total. The van der Waals surface area contributed by atoms with E-state index in [1.54, 1.807) is 0 Å². The summed E-state index contributed by atoms with van der Waals surface area (Å²) < 4.78 is 44.9. The molecule has 1 aliphatic rings. The van der Waals surface area contributed by atoms with Crippen LogP contribution >= 0.6 is 0 Å². The van der Waals surface area contributed by atoms with E-state index in [0.717, 1.165) is 52.5 Å². The van der Waals surface area contributed by atoms with E-state index in [1.165, 1.54) is 11.1 Å². The summed E-state index contributed by atoms with van der Waals surface area (Å²) >= 11 is 0. The minimum atomic E-state index is 0.570. The minimum absolute atomic E-state index is 0.570. The van der Waals surface area contributed by atoms with Crippen molar-refractivity contribution >= 4 is 0 Å². The normalized spacial score (nSPS) is 14.4. The largest absolute Gasteiger partial charge is 0.378 e. The predicted octanol–water partition coefficient (Wildman–Crippen LogP) is 3.14. The van der Waals surface area contributed by atoms with Gasteiger partial charge in [-0.3, -0.25) is 9.80 Å². The van der Waals surface area contributed by atoms with Gasteiger partial charge in [-0.1, -0.05) is 60.7 Å². The Balaban J connectivity index is 0.972. The number of hydrogen-bond acceptors (Lipinski definition) is 10. The summed E-state index contributed by atoms with van der Waals surface area (Å²) in [5.41, 5.74) is 2.35. The van der Waals surface area contributed by atoms with Crippen LogP contribution < -0.4 is 0 Å². The molecule has 10 heteroatoms. The van der Waals surface area contributed by atoms with E-state index in [-0.39, 0.29) is 0 Å². The number of rotatable bonds is 28. The van der Waals surface area contributed by atoms with Crippen molar-refractivity contribution < 1.29 is 37.9 Å². The Morgan fingerprint density at radius 1 is 0.341 bits per heavy atom. The van der Waals surface area contributed by atoms with Crippen molar-refractivity contribution in [2.75, 3.05) is 132 Å². The van der Waals surface area contributed by atoms with Crippen molar-refractivity contribution in [2.24, 2.45) is 0 Å². The summed E-state index contributed by atoms with van der Waals surface area (Å²) in [6.07, 6.45) is 0. The quantitative estimate of drug-likeness (QED) is 0.133. The van der Waals surface area contributed by atoms with Gasteiger partial charge in [-0.25, -0.2) is 0 Å². The molecule has 3 rings (SSSR count). The van der Waals surface area contributed by atoms with Crippen molar-refractivity contribution in [3.63, 3.8) is 0 Å². The molecule has 1 aliphatic heterocycles. The first kappa shape index (κ1) is 36.5. The fraction of sp³-hybridized carbons (Fsp3) is 0.647. The molecule has 2 aromatic carbocycles. The molecule has 0 unspecified atom stereocenters. The van der Waals surface area contributed by atoms with Crippen LogP contribution in [0.5, 0.6) is 0 Å². The maximum absolute atomic E-state index is 5.74. The number of piperazine rings is 1. The third kappa shape index (κ3) is 19.4. The maximum atomic E-state index is 5.74. The molecule has 10 nitrogen and oxygen atoms in total. The highest BCUT2D eigenvalue weighted by Gasteiger charge is 2.16. The van der Waals surface area contributed by atoms with Gasteiger partial charge in [0.15, 0.2) is 0 Å². The minimum Gasteiger partial charge on any atom is -0.378 e. The Kier molecular flexibility index (Phi) is 21.8. The molecule has 0 amide bonds. The number of hydrogen-bond donors (Lipinski definition) is 0. The van der Waals surface area contributed by atoms with E-state index < -0.39 is 0 Å². The average Bonchev–Trinajstić information content (AvgIpc) is 3.07. The molecule has 1 heterocycles. The molecular formula is C34H54N2O8. The molecule has 44 heavy (non-hydrogen) atoms. The fourth-order valence-corrected chi connectivity index (χ4v) is 4.47. The van der Waals surface area contributed by atoms with Crippen LogP contribution in [0.25, 0.3) is 0 Å². The third-order valence-corrected chi connectivity index (χ3v) is 7.02. The standard InChI is InChI=1S/C34H54N2O8/c1-3-7-33(8-4-1)31-43-29-27-41-25-23-39-21-19-37-17-15-35-11-13-36(14-12-35)16-18-38-20-22-40-24-26-42-28-30-44-32-34-9-5-2-6-10-34/h1-10H,11-32H2. The van der Waals surface area contributed by atoms with Gasteiger partial charge in [0.25, 0.3) is 0 Å². The van der Waals surface area contributed by atoms with E-state index in [4.69, 9.17) is 37.9 Å². The molecule has 2 aromatic rings. The molecule has 0 atom stereocenters. The summed E-state index contributed by atoms with van der Waals surface area (Å²) in [6, 6.07) is 20.3. The predicted molar refractivity (Wildman–Crippen MR) is 170 cm³/mol. The van der Waals surface area contributed by atoms with E-state index in [1.807, 2.05) is 36.4 Å². The zero-order valence-corrected chi connectivity index (χ0v) is 26.5. The summed E-state index contributed by atoms with van der Waals surface area (Å²) in [6.45, 7) is 15.9. The van der Waals surface area contributed by atoms with Crippen molar-refractivity contribution in [2.45, 2.75) is 13.2 Å². The lowest BCUT2D eigenvalue weighted by molar-refractivity contribution is -0.00999. The van der Waals surface area contributed by atoms with Gasteiger partial charge in [-0.15, -0.1) is 0 Å². The lowest BCUT2D eigenvalue weighted by Crippen LogP contribution is -2.48. The van der Waals surface area contributed by atoms with E-state index in [0.29, 0.717) is 92.5 Å². The molecule has 0 radical (unpaired) electrons. The van der Waals surface area contributed by atoms with Gasteiger partial charge < -0.3 is 37.9 Å². The Hall–Kier alpha value is -1.96. The van der Waals surface area contributed by atoms with Gasteiger partial charge in [0.2, 0.25) is 0 Å². The Labute approximate surface area is 264 Å². The van der Waals surface area contributed by atoms with Crippen LogP contribution in [0, 0.1) is 0 Å². The molecule has 0 bridgehead atoms. The molecule has 0 saturated carbocycles. The molecule has 1 fully saturated rings. The van der Waals surface area contributed by atoms with Gasteiger partial charge >= 0.3 is 0 Å². The first-order valence-electron chi connectivity index (χ1n) is 16.0. The zero-order chi connectivity index (χ0) is 30.6. The second kappa shape index (κ2) is 26.3. The Bertz CT molecular complexity index is 814. The molecular weight excluding hydrogens is 564 g/mol. The average molecular weight is 619 g/mol. The van der Waals surface area contributed by atoms with Crippen LogP contribution in [0.1, 0.15) is 11.1 Å². The van der Waals surface area contributed by atoms with Crippen molar-refractivity contribution in [1.82, 2.24) is 9.80 Å². The fourth-order valence-electron chi connectivity index (χ4n) is 4.47. The van der Waals surface area contributed by atoms with Crippen molar-refractivity contribution in [3.8, 4) is 0 Å². The first-order chi connectivity index (χ1) is 21.9. The lowest BCUT2D eigenvalue weighted by Gasteiger charge is -2.34. The summed E-state index contributed by atoms with van der Waals surface area (Å²) in [7, 11) is 0. The highest BCUT2D eigenvalue weighted by Crippen LogP contribution is 2.02. The second-order valence-electron chi connectivity index (χ2n) is 10.4. The Morgan fingerprint density at radius 2 is 0.614 bits per heavy atom. The molecule has 248 valence electrons. The molecule has 1 saturated heterocycles. The van der Waals surface area contributed by atoms with Gasteiger partial charge in [-0.05, 0) is 11.1 Å². The van der Waals surface area contributed by atoms with E-state index in [9.17, 15) is 0 Å². The SMILES string of the molecule is c1ccc(COCCOCCOCCOCCN2CCN(CCOCCOCCOCCOCc3ccccc3)CC2)cc1. The Morgan fingerprint density at radius 3 is 0.932 bits per heavy atom. The topological polar surface area (TPSA) is 80.3 Å². The monoisotopic (exact) mass is 618 g/mol. The highest BCUT2D eigenvalue weighted by atomic mass is 16.6. The number of benzene rings is 2. The molecule has 0 aliphatic carbocycles. The summed E-state index contributed by atoms with van der Waals surface area (Å²) in [5, 5.41) is 0. The van der Waals surface area contributed by atoms with Crippen LogP contribution in [0.15, 0.2) is 60.7 Å². The molecule has 0 aromatic heterocycles. The van der Waals surface area contributed by atoms with Gasteiger partial charge in [0, 0.05) is 39.3 Å². The molecule has 0 spiro atoms. The van der Waals surface area contributed by atoms with Crippen LogP contribution in [0.3, 0.4) is 0 Å². The highest BCUT2D eigenvalue weighted by molar-refractivity contribution is 5.14. The third-order valence-electron chi connectivity index (χ3n) is 7.02. The summed E-state index contributed by atoms with van der Waals surface area (Å²) in [4.78, 5) is 4.91. The van der Waals surface area contributed by atoms with Crippen molar-refractivity contribution in [3.05, 3.63) is 71.8 Å². The number of nitrogens with zero attached hydrogens (tertiary/aromatic N) is 2. The van der Waals surface area contributed by atoms with Crippen molar-refractivity contribution in [1.29, 1.82) is 0 Å². The summed E-state index contributed by atoms with van der Waals surface area (Å²) in [5.74, 6) is 0. The van der Waals surface area contributed by atoms with Crippen LogP contribution in [-0.2, 0) is 51.1 Å². The van der Waals surface area contributed by atoms with E-state index in [2.05, 4.69) is 34.1 Å². The van der Waals surface area contributed by atoms with Gasteiger partial charge in [0.05, 0.1) is 106 Å². The van der Waals surface area contributed by atoms with Gasteiger partial charge in [-0.2, -0.15) is 0 Å². The second-order valence-corrected chi connectivity index (χ2v) is 10.4. The zero-order valence-electron chi connectivity index (χ0n) is 26.5.